The predicted molar refractivity (Wildman–Crippen MR) is 29.6 cm³/mol. The van der Waals surface area contributed by atoms with E-state index in [4.69, 9.17) is 11.6 Å². The van der Waals surface area contributed by atoms with E-state index in [2.05, 4.69) is 15.9 Å². The van der Waals surface area contributed by atoms with E-state index in [0.29, 0.717) is 11.6 Å². The summed E-state index contributed by atoms with van der Waals surface area (Å²) < 4.78 is 4.68. The van der Waals surface area contributed by atoms with Gasteiger partial charge in [0, 0.05) is 5.56 Å². The highest BCUT2D eigenvalue weighted by molar-refractivity contribution is 6.16. The van der Waals surface area contributed by atoms with Gasteiger partial charge in [-0.25, -0.2) is 0 Å². The van der Waals surface area contributed by atoms with Crippen LogP contribution in [-0.4, -0.2) is 5.16 Å². The molecule has 0 aliphatic heterocycles. The second-order valence-corrected chi connectivity index (χ2v) is 1.74. The maximum Gasteiger partial charge on any atom is 0.155 e. The largest absolute Gasteiger partial charge is 0.359 e. The molecule has 1 aromatic heterocycles. The summed E-state index contributed by atoms with van der Waals surface area (Å²) >= 11 is 5.42. The zero-order valence-corrected chi connectivity index (χ0v) is 5.20. The number of hydrogen-bond acceptors (Lipinski definition) is 2. The fourth-order valence-corrected chi connectivity index (χ4v) is 0.651. The van der Waals surface area contributed by atoms with Crippen LogP contribution >= 0.6 is 11.6 Å². The van der Waals surface area contributed by atoms with Crippen LogP contribution in [-0.2, 0) is 5.88 Å². The number of aromatic nitrogens is 1. The highest BCUT2D eigenvalue weighted by Crippen LogP contribution is 2.06. The van der Waals surface area contributed by atoms with Crippen LogP contribution in [0.5, 0.6) is 0 Å². The Kier molecular flexibility index (Phi) is 1.53. The first kappa shape index (κ1) is 5.63. The molecule has 1 heterocycles. The van der Waals surface area contributed by atoms with Crippen molar-refractivity contribution in [2.24, 2.45) is 0 Å². The number of rotatable bonds is 1. The summed E-state index contributed by atoms with van der Waals surface area (Å²) in [6.07, 6.45) is 2.62. The van der Waals surface area contributed by atoms with Gasteiger partial charge in [-0.1, -0.05) is 5.16 Å². The first-order valence-corrected chi connectivity index (χ1v) is 2.77. The van der Waals surface area contributed by atoms with Crippen molar-refractivity contribution < 1.29 is 4.52 Å². The molecule has 0 amide bonds. The fourth-order valence-electron chi connectivity index (χ4n) is 0.402. The normalized spacial score (nSPS) is 9.75. The van der Waals surface area contributed by atoms with Crippen LogP contribution in [0.25, 0.3) is 0 Å². The molecule has 0 N–H and O–H groups in total. The monoisotopic (exact) mass is 130 g/mol. The molecule has 0 unspecified atom stereocenters. The van der Waals surface area contributed by atoms with Gasteiger partial charge in [0.2, 0.25) is 0 Å². The van der Waals surface area contributed by atoms with Gasteiger partial charge in [0.05, 0.1) is 5.88 Å². The van der Waals surface area contributed by atoms with Crippen LogP contribution in [0.2, 0.25) is 0 Å². The van der Waals surface area contributed by atoms with E-state index in [1.54, 1.807) is 0 Å². The first-order valence-electron chi connectivity index (χ1n) is 2.23. The van der Waals surface area contributed by atoms with E-state index in [0.717, 1.165) is 5.56 Å². The summed E-state index contributed by atoms with van der Waals surface area (Å²) in [7, 11) is 0. The molecule has 2 nitrogen and oxygen atoms in total. The zero-order chi connectivity index (χ0) is 5.98. The number of alkyl halides is 1. The molecule has 1 aromatic rings. The first-order chi connectivity index (χ1) is 3.84. The third-order valence-electron chi connectivity index (χ3n) is 0.909. The Bertz CT molecular complexity index is 173. The summed E-state index contributed by atoms with van der Waals surface area (Å²) in [6.45, 7) is 1.86. The molecule has 0 spiro atoms. The van der Waals surface area contributed by atoms with Crippen molar-refractivity contribution in [2.75, 3.05) is 0 Å². The van der Waals surface area contributed by atoms with Gasteiger partial charge in [-0.2, -0.15) is 0 Å². The van der Waals surface area contributed by atoms with Crippen molar-refractivity contribution in [3.05, 3.63) is 17.5 Å². The van der Waals surface area contributed by atoms with Gasteiger partial charge in [-0.15, -0.1) is 11.6 Å². The van der Waals surface area contributed by atoms with Crippen LogP contribution in [0.15, 0.2) is 4.52 Å². The fraction of sp³-hybridized carbons (Fsp3) is 0.400. The van der Waals surface area contributed by atoms with E-state index in [1.165, 1.54) is 0 Å². The van der Waals surface area contributed by atoms with Crippen LogP contribution in [0.1, 0.15) is 11.3 Å². The molecule has 0 aliphatic carbocycles. The van der Waals surface area contributed by atoms with Crippen molar-refractivity contribution in [1.29, 1.82) is 0 Å². The number of aryl methyl sites for hydroxylation is 1. The Balaban J connectivity index is 2.92. The maximum absolute atomic E-state index is 5.42. The lowest BCUT2D eigenvalue weighted by Crippen LogP contribution is -1.72. The summed E-state index contributed by atoms with van der Waals surface area (Å²) in [5.74, 6) is 1.08. The van der Waals surface area contributed by atoms with E-state index in [-0.39, 0.29) is 0 Å². The summed E-state index contributed by atoms with van der Waals surface area (Å²) in [5, 5.41) is 3.41. The van der Waals surface area contributed by atoms with Crippen LogP contribution in [0, 0.1) is 13.1 Å². The Morgan fingerprint density at radius 2 is 2.62 bits per heavy atom. The number of nitrogens with zero attached hydrogens (tertiary/aromatic N) is 1. The highest BCUT2D eigenvalue weighted by atomic mass is 35.5. The van der Waals surface area contributed by atoms with Crippen molar-refractivity contribution in [1.82, 2.24) is 5.16 Å². The minimum atomic E-state index is 0.377. The average Bonchev–Trinajstić information content (AvgIpc) is 2.14. The predicted octanol–water partition coefficient (Wildman–Crippen LogP) is 1.52. The minimum absolute atomic E-state index is 0.377. The molecule has 0 aromatic carbocycles. The smallest absolute Gasteiger partial charge is 0.155 e. The van der Waals surface area contributed by atoms with Gasteiger partial charge in [0.15, 0.2) is 5.76 Å². The SMILES string of the molecule is Cc1[c]noc1CCl. The number of hydrogen-bond donors (Lipinski definition) is 0. The van der Waals surface area contributed by atoms with E-state index < -0.39 is 0 Å². The lowest BCUT2D eigenvalue weighted by molar-refractivity contribution is 0.392. The topological polar surface area (TPSA) is 26.0 Å². The van der Waals surface area contributed by atoms with Gasteiger partial charge in [-0.05, 0) is 6.92 Å². The average molecular weight is 131 g/mol. The molecule has 3 heteroatoms. The lowest BCUT2D eigenvalue weighted by atomic mass is 10.3. The summed E-state index contributed by atoms with van der Waals surface area (Å²) in [6, 6.07) is 0. The third-order valence-corrected chi connectivity index (χ3v) is 1.15. The molecule has 1 radical (unpaired) electrons. The van der Waals surface area contributed by atoms with Crippen molar-refractivity contribution in [3.8, 4) is 0 Å². The minimum Gasteiger partial charge on any atom is -0.359 e. The maximum atomic E-state index is 5.42. The van der Waals surface area contributed by atoms with Gasteiger partial charge in [-0.3, -0.25) is 0 Å². The molecular weight excluding hydrogens is 126 g/mol. The Labute approximate surface area is 52.4 Å². The Hall–Kier alpha value is -0.500. The van der Waals surface area contributed by atoms with Crippen LogP contribution < -0.4 is 0 Å². The molecule has 0 saturated carbocycles. The van der Waals surface area contributed by atoms with E-state index >= 15 is 0 Å². The number of halogens is 1. The Morgan fingerprint density at radius 3 is 2.88 bits per heavy atom. The van der Waals surface area contributed by atoms with Gasteiger partial charge >= 0.3 is 0 Å². The van der Waals surface area contributed by atoms with Crippen molar-refractivity contribution in [2.45, 2.75) is 12.8 Å². The van der Waals surface area contributed by atoms with Gasteiger partial charge < -0.3 is 4.52 Å². The molecule has 8 heavy (non-hydrogen) atoms. The molecular formula is C5H5ClNO. The van der Waals surface area contributed by atoms with Gasteiger partial charge in [0.1, 0.15) is 6.20 Å². The molecule has 0 bridgehead atoms. The van der Waals surface area contributed by atoms with Crippen molar-refractivity contribution >= 4 is 11.6 Å². The second-order valence-electron chi connectivity index (χ2n) is 1.48. The van der Waals surface area contributed by atoms with Crippen LogP contribution in [0.4, 0.5) is 0 Å². The summed E-state index contributed by atoms with van der Waals surface area (Å²) in [5.41, 5.74) is 0.889. The quantitative estimate of drug-likeness (QED) is 0.539. The molecule has 0 saturated heterocycles. The molecule has 0 fully saturated rings. The zero-order valence-electron chi connectivity index (χ0n) is 4.44. The van der Waals surface area contributed by atoms with Gasteiger partial charge in [0.25, 0.3) is 0 Å². The van der Waals surface area contributed by atoms with Crippen molar-refractivity contribution in [3.63, 3.8) is 0 Å². The lowest BCUT2D eigenvalue weighted by Gasteiger charge is -1.81. The summed E-state index contributed by atoms with van der Waals surface area (Å²) in [4.78, 5) is 0. The highest BCUT2D eigenvalue weighted by Gasteiger charge is 1.99. The third kappa shape index (κ3) is 0.842. The molecule has 0 aliphatic rings. The Morgan fingerprint density at radius 1 is 1.88 bits per heavy atom. The second kappa shape index (κ2) is 2.18. The molecule has 43 valence electrons. The van der Waals surface area contributed by atoms with E-state index in [9.17, 15) is 0 Å². The standard InChI is InChI=1S/C5H5ClNO/c1-4-3-7-8-5(4)2-6/h2H2,1H3. The van der Waals surface area contributed by atoms with Crippen LogP contribution in [0.3, 0.4) is 0 Å². The molecule has 1 rings (SSSR count). The molecule has 0 atom stereocenters. The van der Waals surface area contributed by atoms with E-state index in [1.807, 2.05) is 6.92 Å².